The third-order valence-corrected chi connectivity index (χ3v) is 4.56. The summed E-state index contributed by atoms with van der Waals surface area (Å²) in [6.07, 6.45) is 5.37. The van der Waals surface area contributed by atoms with Crippen molar-refractivity contribution in [2.24, 2.45) is 16.7 Å². The maximum absolute atomic E-state index is 11.9. The van der Waals surface area contributed by atoms with Crippen LogP contribution < -0.4 is 0 Å². The average Bonchev–Trinajstić information content (AvgIpc) is 2.31. The first-order chi connectivity index (χ1) is 8.39. The number of carboxylic acid groups (broad SMARTS) is 2. The number of aliphatic carboxylic acids is 2. The molecule has 0 aliphatic heterocycles. The van der Waals surface area contributed by atoms with Crippen LogP contribution in [-0.2, 0) is 9.59 Å². The minimum Gasteiger partial charge on any atom is -0.481 e. The number of carboxylic acids is 2. The van der Waals surface area contributed by atoms with Gasteiger partial charge in [-0.1, -0.05) is 39.3 Å². The molecule has 1 rings (SSSR count). The summed E-state index contributed by atoms with van der Waals surface area (Å²) >= 11 is 0. The fourth-order valence-corrected chi connectivity index (χ4v) is 3.51. The van der Waals surface area contributed by atoms with Crippen molar-refractivity contribution in [3.05, 3.63) is 12.2 Å². The Labute approximate surface area is 108 Å². The molecule has 0 bridgehead atoms. The van der Waals surface area contributed by atoms with E-state index in [1.165, 1.54) is 0 Å². The summed E-state index contributed by atoms with van der Waals surface area (Å²) in [5, 5.41) is 19.3. The molecule has 0 spiro atoms. The summed E-state index contributed by atoms with van der Waals surface area (Å²) in [6.45, 7) is 5.48. The molecule has 3 unspecified atom stereocenters. The second-order valence-electron chi connectivity index (χ2n) is 5.19. The van der Waals surface area contributed by atoms with Crippen LogP contribution in [0.15, 0.2) is 12.2 Å². The minimum absolute atomic E-state index is 0.264. The molecule has 3 atom stereocenters. The van der Waals surface area contributed by atoms with E-state index in [0.717, 1.165) is 0 Å². The molecular formula is C14H22O4. The van der Waals surface area contributed by atoms with Crippen LogP contribution in [0, 0.1) is 16.7 Å². The summed E-state index contributed by atoms with van der Waals surface area (Å²) in [6, 6.07) is 0. The molecule has 18 heavy (non-hydrogen) atoms. The number of rotatable bonds is 5. The van der Waals surface area contributed by atoms with E-state index in [2.05, 4.69) is 0 Å². The maximum Gasteiger partial charge on any atom is 0.311 e. The lowest BCUT2D eigenvalue weighted by Gasteiger charge is -2.49. The first kappa shape index (κ1) is 14.7. The van der Waals surface area contributed by atoms with Gasteiger partial charge in [-0.25, -0.2) is 0 Å². The van der Waals surface area contributed by atoms with Gasteiger partial charge in [-0.05, 0) is 25.2 Å². The highest BCUT2D eigenvalue weighted by Gasteiger charge is 2.62. The molecule has 1 aliphatic rings. The Bertz CT molecular complexity index is 374. The molecule has 0 radical (unpaired) electrons. The Morgan fingerprint density at radius 3 is 2.28 bits per heavy atom. The van der Waals surface area contributed by atoms with Crippen molar-refractivity contribution in [2.45, 2.75) is 46.5 Å². The summed E-state index contributed by atoms with van der Waals surface area (Å²) in [7, 11) is 0. The van der Waals surface area contributed by atoms with Gasteiger partial charge < -0.3 is 10.2 Å². The normalized spacial score (nSPS) is 35.4. The predicted molar refractivity (Wildman–Crippen MR) is 68.3 cm³/mol. The summed E-state index contributed by atoms with van der Waals surface area (Å²) < 4.78 is 0. The van der Waals surface area contributed by atoms with E-state index in [1.807, 2.05) is 26.0 Å². The van der Waals surface area contributed by atoms with Crippen molar-refractivity contribution in [1.82, 2.24) is 0 Å². The lowest BCUT2D eigenvalue weighted by Crippen LogP contribution is -2.56. The quantitative estimate of drug-likeness (QED) is 0.740. The predicted octanol–water partition coefficient (Wildman–Crippen LogP) is 2.93. The largest absolute Gasteiger partial charge is 0.481 e. The van der Waals surface area contributed by atoms with E-state index in [9.17, 15) is 19.8 Å². The highest BCUT2D eigenvalue weighted by molar-refractivity contribution is 5.87. The van der Waals surface area contributed by atoms with Crippen molar-refractivity contribution >= 4 is 11.9 Å². The third kappa shape index (κ3) is 1.74. The Morgan fingerprint density at radius 2 is 1.89 bits per heavy atom. The minimum atomic E-state index is -1.20. The van der Waals surface area contributed by atoms with E-state index in [0.29, 0.717) is 25.7 Å². The van der Waals surface area contributed by atoms with Crippen LogP contribution in [0.3, 0.4) is 0 Å². The average molecular weight is 254 g/mol. The van der Waals surface area contributed by atoms with E-state index >= 15 is 0 Å². The molecule has 0 heterocycles. The first-order valence-electron chi connectivity index (χ1n) is 6.52. The molecule has 0 amide bonds. The second kappa shape index (κ2) is 5.12. The van der Waals surface area contributed by atoms with Crippen molar-refractivity contribution in [3.63, 3.8) is 0 Å². The number of hydrogen-bond acceptors (Lipinski definition) is 2. The Balaban J connectivity index is 3.49. The van der Waals surface area contributed by atoms with Crippen molar-refractivity contribution in [1.29, 1.82) is 0 Å². The van der Waals surface area contributed by atoms with E-state index in [-0.39, 0.29) is 5.92 Å². The lowest BCUT2D eigenvalue weighted by atomic mass is 9.51. The number of hydrogen-bond donors (Lipinski definition) is 2. The van der Waals surface area contributed by atoms with Crippen molar-refractivity contribution < 1.29 is 19.8 Å². The molecule has 0 aromatic carbocycles. The molecule has 0 aromatic rings. The molecule has 1 aliphatic carbocycles. The van der Waals surface area contributed by atoms with Gasteiger partial charge >= 0.3 is 11.9 Å². The number of carbonyl (C=O) groups is 2. The van der Waals surface area contributed by atoms with Gasteiger partial charge in [0, 0.05) is 0 Å². The van der Waals surface area contributed by atoms with E-state index in [1.54, 1.807) is 6.92 Å². The van der Waals surface area contributed by atoms with Crippen molar-refractivity contribution in [3.8, 4) is 0 Å². The van der Waals surface area contributed by atoms with E-state index in [4.69, 9.17) is 0 Å². The van der Waals surface area contributed by atoms with Gasteiger partial charge in [-0.2, -0.15) is 0 Å². The van der Waals surface area contributed by atoms with Gasteiger partial charge in [-0.15, -0.1) is 0 Å². The molecule has 0 saturated heterocycles. The van der Waals surface area contributed by atoms with Crippen LogP contribution in [0.2, 0.25) is 0 Å². The van der Waals surface area contributed by atoms with Crippen LogP contribution in [-0.4, -0.2) is 22.2 Å². The zero-order chi connectivity index (χ0) is 14.0. The van der Waals surface area contributed by atoms with Gasteiger partial charge in [0.15, 0.2) is 0 Å². The van der Waals surface area contributed by atoms with Crippen LogP contribution >= 0.6 is 0 Å². The molecule has 2 N–H and O–H groups in total. The van der Waals surface area contributed by atoms with Gasteiger partial charge in [0.25, 0.3) is 0 Å². The highest BCUT2D eigenvalue weighted by Crippen LogP contribution is 2.56. The SMILES string of the molecule is CCCC1(C(=O)O)C(C)C=CCC1(CC)C(=O)O. The Morgan fingerprint density at radius 1 is 1.28 bits per heavy atom. The summed E-state index contributed by atoms with van der Waals surface area (Å²) in [4.78, 5) is 23.6. The lowest BCUT2D eigenvalue weighted by molar-refractivity contribution is -0.181. The Hall–Kier alpha value is -1.32. The van der Waals surface area contributed by atoms with Gasteiger partial charge in [0.2, 0.25) is 0 Å². The van der Waals surface area contributed by atoms with E-state index < -0.39 is 22.8 Å². The smallest absolute Gasteiger partial charge is 0.311 e. The molecule has 102 valence electrons. The molecule has 0 fully saturated rings. The fraction of sp³-hybridized carbons (Fsp3) is 0.714. The topological polar surface area (TPSA) is 74.6 Å². The molecule has 4 nitrogen and oxygen atoms in total. The van der Waals surface area contributed by atoms with Crippen LogP contribution in [0.4, 0.5) is 0 Å². The zero-order valence-electron chi connectivity index (χ0n) is 11.3. The molecule has 0 saturated carbocycles. The monoisotopic (exact) mass is 254 g/mol. The molecule has 0 aromatic heterocycles. The first-order valence-corrected chi connectivity index (χ1v) is 6.52. The molecular weight excluding hydrogens is 232 g/mol. The summed E-state index contributed by atoms with van der Waals surface area (Å²) in [5.41, 5.74) is -2.39. The molecule has 4 heteroatoms. The van der Waals surface area contributed by atoms with Gasteiger partial charge in [0.1, 0.15) is 0 Å². The van der Waals surface area contributed by atoms with Crippen LogP contribution in [0.25, 0.3) is 0 Å². The van der Waals surface area contributed by atoms with Gasteiger partial charge in [-0.3, -0.25) is 9.59 Å². The van der Waals surface area contributed by atoms with Crippen molar-refractivity contribution in [2.75, 3.05) is 0 Å². The Kier molecular flexibility index (Phi) is 4.20. The zero-order valence-corrected chi connectivity index (χ0v) is 11.3. The fourth-order valence-electron chi connectivity index (χ4n) is 3.51. The second-order valence-corrected chi connectivity index (χ2v) is 5.19. The maximum atomic E-state index is 11.9. The van der Waals surface area contributed by atoms with Gasteiger partial charge in [0.05, 0.1) is 10.8 Å². The van der Waals surface area contributed by atoms with Crippen LogP contribution in [0.1, 0.15) is 46.5 Å². The number of allylic oxidation sites excluding steroid dienone is 2. The summed E-state index contributed by atoms with van der Waals surface area (Å²) in [5.74, 6) is -2.23. The third-order valence-electron chi connectivity index (χ3n) is 4.56. The highest BCUT2D eigenvalue weighted by atomic mass is 16.4. The standard InChI is InChI=1S/C14H22O4/c1-4-8-14(12(17)18)10(3)7-6-9-13(14,5-2)11(15)16/h6-7,10H,4-5,8-9H2,1-3H3,(H,15,16)(H,17,18). The van der Waals surface area contributed by atoms with Crippen LogP contribution in [0.5, 0.6) is 0 Å².